The van der Waals surface area contributed by atoms with Crippen LogP contribution in [-0.4, -0.2) is 26.2 Å². The zero-order valence-corrected chi connectivity index (χ0v) is 13.8. The topological polar surface area (TPSA) is 52.6 Å². The summed E-state index contributed by atoms with van der Waals surface area (Å²) in [4.78, 5) is 23.6. The van der Waals surface area contributed by atoms with E-state index in [9.17, 15) is 9.59 Å². The number of alkyl halides is 1. The van der Waals surface area contributed by atoms with E-state index >= 15 is 0 Å². The van der Waals surface area contributed by atoms with Crippen molar-refractivity contribution in [1.29, 1.82) is 0 Å². The van der Waals surface area contributed by atoms with E-state index in [0.717, 1.165) is 22.0 Å². The van der Waals surface area contributed by atoms with E-state index in [1.165, 1.54) is 20.3 Å². The van der Waals surface area contributed by atoms with Crippen LogP contribution in [0.4, 0.5) is 0 Å². The average molecular weight is 363 g/mol. The molecule has 114 valence electrons. The quantitative estimate of drug-likeness (QED) is 0.612. The van der Waals surface area contributed by atoms with Gasteiger partial charge in [-0.05, 0) is 34.9 Å². The van der Waals surface area contributed by atoms with Crippen molar-refractivity contribution >= 4 is 27.9 Å². The molecule has 0 heterocycles. The molecule has 5 heteroatoms. The van der Waals surface area contributed by atoms with Gasteiger partial charge in [-0.3, -0.25) is 0 Å². The number of hydrogen-bond acceptors (Lipinski definition) is 4. The lowest BCUT2D eigenvalue weighted by Gasteiger charge is -2.09. The number of rotatable bonds is 4. The van der Waals surface area contributed by atoms with E-state index in [1.54, 1.807) is 12.1 Å². The first-order valence-electron chi connectivity index (χ1n) is 6.56. The largest absolute Gasteiger partial charge is 0.465 e. The van der Waals surface area contributed by atoms with Crippen LogP contribution in [0.1, 0.15) is 26.3 Å². The van der Waals surface area contributed by atoms with Crippen LogP contribution >= 0.6 is 15.9 Å². The van der Waals surface area contributed by atoms with Crippen LogP contribution in [0.25, 0.3) is 11.1 Å². The maximum Gasteiger partial charge on any atom is 0.337 e. The van der Waals surface area contributed by atoms with Gasteiger partial charge >= 0.3 is 11.9 Å². The Hall–Kier alpha value is -2.14. The highest BCUT2D eigenvalue weighted by Gasteiger charge is 2.14. The highest BCUT2D eigenvalue weighted by atomic mass is 79.9. The van der Waals surface area contributed by atoms with Gasteiger partial charge in [0.05, 0.1) is 25.3 Å². The summed E-state index contributed by atoms with van der Waals surface area (Å²) in [5, 5.41) is 0.767. The lowest BCUT2D eigenvalue weighted by Crippen LogP contribution is -2.07. The molecule has 4 nitrogen and oxygen atoms in total. The molecule has 2 aromatic rings. The predicted octanol–water partition coefficient (Wildman–Crippen LogP) is 3.82. The van der Waals surface area contributed by atoms with Crippen LogP contribution in [-0.2, 0) is 14.8 Å². The first-order valence-corrected chi connectivity index (χ1v) is 7.68. The summed E-state index contributed by atoms with van der Waals surface area (Å²) in [5.74, 6) is -0.992. The number of carbonyl (C=O) groups is 2. The summed E-state index contributed by atoms with van der Waals surface area (Å²) in [6, 6.07) is 12.7. The highest BCUT2D eigenvalue weighted by molar-refractivity contribution is 9.08. The van der Waals surface area contributed by atoms with Crippen LogP contribution in [0, 0.1) is 0 Å². The Labute approximate surface area is 137 Å². The molecule has 0 aliphatic carbocycles. The van der Waals surface area contributed by atoms with Gasteiger partial charge in [-0.1, -0.05) is 40.2 Å². The molecule has 0 N–H and O–H groups in total. The highest BCUT2D eigenvalue weighted by Crippen LogP contribution is 2.24. The first-order chi connectivity index (χ1) is 10.6. The number of hydrogen-bond donors (Lipinski definition) is 0. The monoisotopic (exact) mass is 362 g/mol. The molecule has 0 saturated carbocycles. The summed E-state index contributed by atoms with van der Waals surface area (Å²) in [7, 11) is 2.61. The average Bonchev–Trinajstić information content (AvgIpc) is 2.59. The number of benzene rings is 2. The number of methoxy groups -OCH3 is 2. The van der Waals surface area contributed by atoms with Gasteiger partial charge in [0.2, 0.25) is 0 Å². The molecule has 0 amide bonds. The maximum absolute atomic E-state index is 11.8. The Morgan fingerprint density at radius 2 is 1.36 bits per heavy atom. The van der Waals surface area contributed by atoms with Gasteiger partial charge in [-0.2, -0.15) is 0 Å². The molecule has 0 aromatic heterocycles. The third-order valence-electron chi connectivity index (χ3n) is 3.22. The molecule has 0 atom stereocenters. The van der Waals surface area contributed by atoms with Crippen LogP contribution < -0.4 is 0 Å². The van der Waals surface area contributed by atoms with Crippen molar-refractivity contribution in [3.05, 3.63) is 59.2 Å². The van der Waals surface area contributed by atoms with Gasteiger partial charge in [0.1, 0.15) is 0 Å². The van der Waals surface area contributed by atoms with Gasteiger partial charge in [0, 0.05) is 5.33 Å². The fourth-order valence-corrected chi connectivity index (χ4v) is 2.43. The van der Waals surface area contributed by atoms with Crippen LogP contribution in [0.2, 0.25) is 0 Å². The Balaban J connectivity index is 2.53. The van der Waals surface area contributed by atoms with Crippen molar-refractivity contribution in [2.75, 3.05) is 14.2 Å². The summed E-state index contributed by atoms with van der Waals surface area (Å²) in [6.45, 7) is 0. The Kier molecular flexibility index (Phi) is 5.33. The third-order valence-corrected chi connectivity index (χ3v) is 3.86. The second kappa shape index (κ2) is 7.22. The zero-order chi connectivity index (χ0) is 16.1. The van der Waals surface area contributed by atoms with Gasteiger partial charge < -0.3 is 9.47 Å². The minimum atomic E-state index is -0.496. The standard InChI is InChI=1S/C17H15BrO4/c1-21-16(19)14-7-13(8-15(9-14)17(20)22-2)12-5-3-11(10-18)4-6-12/h3-9H,10H2,1-2H3. The Morgan fingerprint density at radius 3 is 1.77 bits per heavy atom. The zero-order valence-electron chi connectivity index (χ0n) is 12.3. The first kappa shape index (κ1) is 16.2. The number of halogens is 1. The van der Waals surface area contributed by atoms with Crippen molar-refractivity contribution in [3.8, 4) is 11.1 Å². The second-order valence-corrected chi connectivity index (χ2v) is 5.17. The molecular weight excluding hydrogens is 348 g/mol. The van der Waals surface area contributed by atoms with E-state index in [4.69, 9.17) is 9.47 Å². The minimum absolute atomic E-state index is 0.310. The molecule has 2 aromatic carbocycles. The summed E-state index contributed by atoms with van der Waals surface area (Å²) < 4.78 is 9.47. The van der Waals surface area contributed by atoms with Gasteiger partial charge in [-0.25, -0.2) is 9.59 Å². The third kappa shape index (κ3) is 3.54. The van der Waals surface area contributed by atoms with Gasteiger partial charge in [0.25, 0.3) is 0 Å². The normalized spacial score (nSPS) is 10.1. The van der Waals surface area contributed by atoms with E-state index in [2.05, 4.69) is 15.9 Å². The number of ether oxygens (including phenoxy) is 2. The molecule has 0 bridgehead atoms. The second-order valence-electron chi connectivity index (χ2n) is 4.61. The number of carbonyl (C=O) groups excluding carboxylic acids is 2. The molecule has 22 heavy (non-hydrogen) atoms. The maximum atomic E-state index is 11.8. The van der Waals surface area contributed by atoms with Gasteiger partial charge in [0.15, 0.2) is 0 Å². The van der Waals surface area contributed by atoms with Crippen molar-refractivity contribution in [2.24, 2.45) is 0 Å². The summed E-state index contributed by atoms with van der Waals surface area (Å²) >= 11 is 3.40. The molecule has 0 unspecified atom stereocenters. The summed E-state index contributed by atoms with van der Waals surface area (Å²) in [6.07, 6.45) is 0. The fourth-order valence-electron chi connectivity index (χ4n) is 2.05. The lowest BCUT2D eigenvalue weighted by atomic mass is 9.99. The fraction of sp³-hybridized carbons (Fsp3) is 0.176. The van der Waals surface area contributed by atoms with Crippen molar-refractivity contribution in [2.45, 2.75) is 5.33 Å². The van der Waals surface area contributed by atoms with E-state index in [1.807, 2.05) is 24.3 Å². The minimum Gasteiger partial charge on any atom is -0.465 e. The Bertz CT molecular complexity index is 658. The molecule has 0 saturated heterocycles. The van der Waals surface area contributed by atoms with Crippen LogP contribution in [0.3, 0.4) is 0 Å². The van der Waals surface area contributed by atoms with E-state index in [-0.39, 0.29) is 0 Å². The molecular formula is C17H15BrO4. The smallest absolute Gasteiger partial charge is 0.337 e. The van der Waals surface area contributed by atoms with Crippen molar-refractivity contribution in [3.63, 3.8) is 0 Å². The number of esters is 2. The molecule has 0 fully saturated rings. The van der Waals surface area contributed by atoms with Crippen LogP contribution in [0.15, 0.2) is 42.5 Å². The van der Waals surface area contributed by atoms with Crippen molar-refractivity contribution in [1.82, 2.24) is 0 Å². The van der Waals surface area contributed by atoms with E-state index in [0.29, 0.717) is 11.1 Å². The van der Waals surface area contributed by atoms with E-state index < -0.39 is 11.9 Å². The molecule has 2 rings (SSSR count). The van der Waals surface area contributed by atoms with Gasteiger partial charge in [-0.15, -0.1) is 0 Å². The Morgan fingerprint density at radius 1 is 0.864 bits per heavy atom. The van der Waals surface area contributed by atoms with Crippen molar-refractivity contribution < 1.29 is 19.1 Å². The lowest BCUT2D eigenvalue weighted by molar-refractivity contribution is 0.0599. The molecule has 0 radical (unpaired) electrons. The predicted molar refractivity (Wildman–Crippen MR) is 87.2 cm³/mol. The SMILES string of the molecule is COC(=O)c1cc(C(=O)OC)cc(-c2ccc(CBr)cc2)c1. The molecule has 0 aliphatic rings. The molecule has 0 aliphatic heterocycles. The molecule has 0 spiro atoms. The van der Waals surface area contributed by atoms with Crippen LogP contribution in [0.5, 0.6) is 0 Å². The summed E-state index contributed by atoms with van der Waals surface area (Å²) in [5.41, 5.74) is 3.42.